The minimum Gasteiger partial charge on any atom is -0.370 e. The molecule has 0 radical (unpaired) electrons. The van der Waals surface area contributed by atoms with Crippen LogP contribution in [0.5, 0.6) is 0 Å². The Bertz CT molecular complexity index is 286. The molecule has 1 aromatic rings. The summed E-state index contributed by atoms with van der Waals surface area (Å²) in [6, 6.07) is 1.92. The van der Waals surface area contributed by atoms with E-state index < -0.39 is 0 Å². The SMILES string of the molecule is CC1CCCCC1CNc1ccncn1. The minimum atomic E-state index is 0.814. The fourth-order valence-corrected chi connectivity index (χ4v) is 2.33. The summed E-state index contributed by atoms with van der Waals surface area (Å²) >= 11 is 0. The van der Waals surface area contributed by atoms with Crippen LogP contribution in [0.25, 0.3) is 0 Å². The largest absolute Gasteiger partial charge is 0.370 e. The van der Waals surface area contributed by atoms with Crippen molar-refractivity contribution in [3.05, 3.63) is 18.6 Å². The third-order valence-electron chi connectivity index (χ3n) is 3.42. The number of hydrogen-bond donors (Lipinski definition) is 1. The van der Waals surface area contributed by atoms with E-state index in [1.54, 1.807) is 12.5 Å². The second-order valence-corrected chi connectivity index (χ2v) is 4.50. The number of hydrogen-bond acceptors (Lipinski definition) is 3. The Morgan fingerprint density at radius 2 is 2.27 bits per heavy atom. The molecular formula is C12H19N3. The Hall–Kier alpha value is -1.12. The third-order valence-corrected chi connectivity index (χ3v) is 3.42. The van der Waals surface area contributed by atoms with Gasteiger partial charge < -0.3 is 5.32 Å². The van der Waals surface area contributed by atoms with Crippen molar-refractivity contribution in [1.82, 2.24) is 9.97 Å². The van der Waals surface area contributed by atoms with Crippen LogP contribution in [0.1, 0.15) is 32.6 Å². The Labute approximate surface area is 91.3 Å². The van der Waals surface area contributed by atoms with Gasteiger partial charge in [-0.25, -0.2) is 9.97 Å². The first-order valence-corrected chi connectivity index (χ1v) is 5.86. The Kier molecular flexibility index (Phi) is 3.54. The molecule has 1 fully saturated rings. The second-order valence-electron chi connectivity index (χ2n) is 4.50. The molecule has 2 unspecified atom stereocenters. The van der Waals surface area contributed by atoms with Crippen LogP contribution in [0.15, 0.2) is 18.6 Å². The lowest BCUT2D eigenvalue weighted by Crippen LogP contribution is -2.24. The van der Waals surface area contributed by atoms with Gasteiger partial charge in [-0.05, 0) is 24.3 Å². The topological polar surface area (TPSA) is 37.8 Å². The van der Waals surface area contributed by atoms with Gasteiger partial charge in [0, 0.05) is 12.7 Å². The maximum Gasteiger partial charge on any atom is 0.129 e. The zero-order valence-corrected chi connectivity index (χ0v) is 9.32. The fourth-order valence-electron chi connectivity index (χ4n) is 2.33. The highest BCUT2D eigenvalue weighted by molar-refractivity contribution is 5.31. The van der Waals surface area contributed by atoms with Gasteiger partial charge in [-0.2, -0.15) is 0 Å². The van der Waals surface area contributed by atoms with Gasteiger partial charge in [-0.15, -0.1) is 0 Å². The van der Waals surface area contributed by atoms with Crippen molar-refractivity contribution in [2.24, 2.45) is 11.8 Å². The highest BCUT2D eigenvalue weighted by Gasteiger charge is 2.20. The molecule has 0 bridgehead atoms. The van der Waals surface area contributed by atoms with Crippen molar-refractivity contribution in [2.45, 2.75) is 32.6 Å². The van der Waals surface area contributed by atoms with Crippen LogP contribution in [0.2, 0.25) is 0 Å². The van der Waals surface area contributed by atoms with Crippen molar-refractivity contribution < 1.29 is 0 Å². The summed E-state index contributed by atoms with van der Waals surface area (Å²) in [4.78, 5) is 8.07. The molecule has 3 heteroatoms. The van der Waals surface area contributed by atoms with Crippen LogP contribution in [-0.2, 0) is 0 Å². The predicted octanol–water partition coefficient (Wildman–Crippen LogP) is 2.71. The lowest BCUT2D eigenvalue weighted by molar-refractivity contribution is 0.268. The molecule has 1 heterocycles. The standard InChI is InChI=1S/C12H19N3/c1-10-4-2-3-5-11(10)8-14-12-6-7-13-9-15-12/h6-7,9-11H,2-5,8H2,1H3,(H,13,14,15). The Balaban J connectivity index is 1.82. The summed E-state index contributed by atoms with van der Waals surface area (Å²) in [5, 5.41) is 3.39. The van der Waals surface area contributed by atoms with Gasteiger partial charge in [0.25, 0.3) is 0 Å². The van der Waals surface area contributed by atoms with Gasteiger partial charge in [-0.1, -0.05) is 26.2 Å². The van der Waals surface area contributed by atoms with E-state index >= 15 is 0 Å². The smallest absolute Gasteiger partial charge is 0.129 e. The Morgan fingerprint density at radius 3 is 3.00 bits per heavy atom. The zero-order valence-electron chi connectivity index (χ0n) is 9.32. The highest BCUT2D eigenvalue weighted by atomic mass is 15.0. The summed E-state index contributed by atoms with van der Waals surface area (Å²) < 4.78 is 0. The van der Waals surface area contributed by atoms with Crippen molar-refractivity contribution in [3.63, 3.8) is 0 Å². The number of rotatable bonds is 3. The van der Waals surface area contributed by atoms with Crippen molar-refractivity contribution in [2.75, 3.05) is 11.9 Å². The van der Waals surface area contributed by atoms with Gasteiger partial charge in [0.1, 0.15) is 12.1 Å². The summed E-state index contributed by atoms with van der Waals surface area (Å²) in [5.74, 6) is 2.62. The van der Waals surface area contributed by atoms with E-state index in [1.807, 2.05) is 6.07 Å². The maximum absolute atomic E-state index is 4.17. The molecule has 15 heavy (non-hydrogen) atoms. The molecule has 82 valence electrons. The lowest BCUT2D eigenvalue weighted by Gasteiger charge is -2.28. The van der Waals surface area contributed by atoms with E-state index in [1.165, 1.54) is 25.7 Å². The maximum atomic E-state index is 4.17. The first-order valence-electron chi connectivity index (χ1n) is 5.86. The van der Waals surface area contributed by atoms with Gasteiger partial charge in [0.15, 0.2) is 0 Å². The number of nitrogens with zero attached hydrogens (tertiary/aromatic N) is 2. The molecule has 0 aliphatic heterocycles. The fraction of sp³-hybridized carbons (Fsp3) is 0.667. The van der Waals surface area contributed by atoms with Crippen LogP contribution in [0.3, 0.4) is 0 Å². The summed E-state index contributed by atoms with van der Waals surface area (Å²) in [6.07, 6.45) is 8.91. The second kappa shape index (κ2) is 5.10. The quantitative estimate of drug-likeness (QED) is 0.824. The van der Waals surface area contributed by atoms with E-state index in [0.29, 0.717) is 0 Å². The van der Waals surface area contributed by atoms with Crippen LogP contribution >= 0.6 is 0 Å². The van der Waals surface area contributed by atoms with E-state index in [0.717, 1.165) is 24.2 Å². The van der Waals surface area contributed by atoms with Crippen molar-refractivity contribution in [3.8, 4) is 0 Å². The zero-order chi connectivity index (χ0) is 10.5. The van der Waals surface area contributed by atoms with Gasteiger partial charge in [0.05, 0.1) is 0 Å². The summed E-state index contributed by atoms with van der Waals surface area (Å²) in [5.41, 5.74) is 0. The van der Waals surface area contributed by atoms with Crippen molar-refractivity contribution in [1.29, 1.82) is 0 Å². The molecule has 0 amide bonds. The predicted molar refractivity (Wildman–Crippen MR) is 61.6 cm³/mol. The number of nitrogens with one attached hydrogen (secondary N) is 1. The van der Waals surface area contributed by atoms with Crippen LogP contribution in [0, 0.1) is 11.8 Å². The number of anilines is 1. The molecule has 1 aromatic heterocycles. The highest BCUT2D eigenvalue weighted by Crippen LogP contribution is 2.29. The van der Waals surface area contributed by atoms with E-state index in [2.05, 4.69) is 22.2 Å². The first kappa shape index (κ1) is 10.4. The summed E-state index contributed by atoms with van der Waals surface area (Å²) in [6.45, 7) is 3.42. The molecule has 3 nitrogen and oxygen atoms in total. The van der Waals surface area contributed by atoms with Crippen LogP contribution < -0.4 is 5.32 Å². The van der Waals surface area contributed by atoms with E-state index in [4.69, 9.17) is 0 Å². The average molecular weight is 205 g/mol. The molecule has 2 atom stereocenters. The van der Waals surface area contributed by atoms with Gasteiger partial charge >= 0.3 is 0 Å². The molecule has 2 rings (SSSR count). The normalized spacial score (nSPS) is 26.2. The Morgan fingerprint density at radius 1 is 1.40 bits per heavy atom. The molecule has 0 spiro atoms. The number of aromatic nitrogens is 2. The summed E-state index contributed by atoms with van der Waals surface area (Å²) in [7, 11) is 0. The molecule has 1 N–H and O–H groups in total. The first-order chi connectivity index (χ1) is 7.36. The lowest BCUT2D eigenvalue weighted by atomic mass is 9.80. The average Bonchev–Trinajstić information content (AvgIpc) is 2.29. The third kappa shape index (κ3) is 2.91. The molecule has 0 saturated heterocycles. The molecule has 0 aromatic carbocycles. The molecule has 1 aliphatic carbocycles. The van der Waals surface area contributed by atoms with E-state index in [-0.39, 0.29) is 0 Å². The monoisotopic (exact) mass is 205 g/mol. The van der Waals surface area contributed by atoms with Crippen molar-refractivity contribution >= 4 is 5.82 Å². The van der Waals surface area contributed by atoms with E-state index in [9.17, 15) is 0 Å². The molecule has 1 saturated carbocycles. The van der Waals surface area contributed by atoms with Gasteiger partial charge in [-0.3, -0.25) is 0 Å². The van der Waals surface area contributed by atoms with Gasteiger partial charge in [0.2, 0.25) is 0 Å². The molecule has 1 aliphatic rings. The molecular weight excluding hydrogens is 186 g/mol. The van der Waals surface area contributed by atoms with Crippen LogP contribution in [-0.4, -0.2) is 16.5 Å². The van der Waals surface area contributed by atoms with Crippen LogP contribution in [0.4, 0.5) is 5.82 Å². The minimum absolute atomic E-state index is 0.814.